The van der Waals surface area contributed by atoms with E-state index < -0.39 is 0 Å². The number of rotatable bonds is 3. The topological polar surface area (TPSA) is 44.9 Å². The molecule has 0 saturated carbocycles. The number of aromatic nitrogens is 2. The summed E-state index contributed by atoms with van der Waals surface area (Å²) in [6, 6.07) is 7.98. The average molecular weight is 345 g/mol. The second kappa shape index (κ2) is 6.00. The highest BCUT2D eigenvalue weighted by Crippen LogP contribution is 2.29. The first-order valence-corrected chi connectivity index (χ1v) is 7.84. The van der Waals surface area contributed by atoms with Gasteiger partial charge in [0.1, 0.15) is 0 Å². The van der Waals surface area contributed by atoms with Gasteiger partial charge in [0.05, 0.1) is 17.8 Å². The van der Waals surface area contributed by atoms with Crippen molar-refractivity contribution in [3.05, 3.63) is 51.8 Å². The number of halogens is 1. The molecule has 0 unspecified atom stereocenters. The van der Waals surface area contributed by atoms with Gasteiger partial charge in [-0.25, -0.2) is 0 Å². The summed E-state index contributed by atoms with van der Waals surface area (Å²) in [5.41, 5.74) is 3.22. The number of hydrogen-bond acceptors (Lipinski definition) is 3. The highest BCUT2D eigenvalue weighted by molar-refractivity contribution is 9.10. The van der Waals surface area contributed by atoms with E-state index in [1.54, 1.807) is 0 Å². The molecular formula is C16H17BrN4. The van der Waals surface area contributed by atoms with E-state index in [-0.39, 0.29) is 0 Å². The van der Waals surface area contributed by atoms with Gasteiger partial charge in [0.25, 0.3) is 0 Å². The molecule has 3 rings (SSSR count). The Morgan fingerprint density at radius 2 is 2.33 bits per heavy atom. The van der Waals surface area contributed by atoms with E-state index in [0.717, 1.165) is 29.7 Å². The Hall–Kier alpha value is -1.64. The Morgan fingerprint density at radius 3 is 3.05 bits per heavy atom. The maximum Gasteiger partial charge on any atom is 0.0991 e. The lowest BCUT2D eigenvalue weighted by molar-refractivity contribution is 0.326. The van der Waals surface area contributed by atoms with E-state index in [1.807, 2.05) is 36.1 Å². The Balaban J connectivity index is 1.69. The SMILES string of the molecule is Cn1cc([C@H]2CCN(Cc3cc(C#N)ccc3Br)C2)cn1. The van der Waals surface area contributed by atoms with Crippen LogP contribution in [0.5, 0.6) is 0 Å². The monoisotopic (exact) mass is 344 g/mol. The lowest BCUT2D eigenvalue weighted by Crippen LogP contribution is -2.20. The van der Waals surface area contributed by atoms with Gasteiger partial charge < -0.3 is 0 Å². The molecule has 4 nitrogen and oxygen atoms in total. The van der Waals surface area contributed by atoms with Crippen molar-refractivity contribution in [2.75, 3.05) is 13.1 Å². The molecular weight excluding hydrogens is 328 g/mol. The van der Waals surface area contributed by atoms with Crippen molar-refractivity contribution < 1.29 is 0 Å². The summed E-state index contributed by atoms with van der Waals surface area (Å²) in [5.74, 6) is 0.566. The minimum atomic E-state index is 0.566. The van der Waals surface area contributed by atoms with Crippen LogP contribution in [-0.4, -0.2) is 27.8 Å². The molecule has 1 saturated heterocycles. The van der Waals surface area contributed by atoms with E-state index in [1.165, 1.54) is 17.5 Å². The lowest BCUT2D eigenvalue weighted by Gasteiger charge is -2.17. The Kier molecular flexibility index (Phi) is 4.09. The fraction of sp³-hybridized carbons (Fsp3) is 0.375. The van der Waals surface area contributed by atoms with Crippen LogP contribution in [0.2, 0.25) is 0 Å². The highest BCUT2D eigenvalue weighted by atomic mass is 79.9. The molecule has 2 aromatic rings. The summed E-state index contributed by atoms with van der Waals surface area (Å²) in [5, 5.41) is 13.3. The van der Waals surface area contributed by atoms with Crippen molar-refractivity contribution in [2.45, 2.75) is 18.9 Å². The van der Waals surface area contributed by atoms with Gasteiger partial charge in [-0.15, -0.1) is 0 Å². The molecule has 0 spiro atoms. The maximum absolute atomic E-state index is 9.02. The van der Waals surface area contributed by atoms with Gasteiger partial charge in [0.15, 0.2) is 0 Å². The number of nitrogens with zero attached hydrogens (tertiary/aromatic N) is 4. The first kappa shape index (κ1) is 14.3. The zero-order valence-electron chi connectivity index (χ0n) is 12.0. The van der Waals surface area contributed by atoms with Crippen LogP contribution in [-0.2, 0) is 13.6 Å². The summed E-state index contributed by atoms with van der Waals surface area (Å²) in [6.45, 7) is 3.02. The summed E-state index contributed by atoms with van der Waals surface area (Å²) in [4.78, 5) is 2.44. The highest BCUT2D eigenvalue weighted by Gasteiger charge is 2.25. The average Bonchev–Trinajstić information content (AvgIpc) is 3.10. The second-order valence-electron chi connectivity index (χ2n) is 5.59. The molecule has 0 radical (unpaired) electrons. The smallest absolute Gasteiger partial charge is 0.0991 e. The van der Waals surface area contributed by atoms with Crippen molar-refractivity contribution in [2.24, 2.45) is 7.05 Å². The first-order chi connectivity index (χ1) is 10.2. The van der Waals surface area contributed by atoms with Gasteiger partial charge in [0, 0.05) is 36.7 Å². The number of aryl methyl sites for hydroxylation is 1. The first-order valence-electron chi connectivity index (χ1n) is 7.05. The third-order valence-electron chi connectivity index (χ3n) is 4.04. The van der Waals surface area contributed by atoms with E-state index in [9.17, 15) is 0 Å². The molecule has 1 aliphatic heterocycles. The molecule has 1 aromatic carbocycles. The van der Waals surface area contributed by atoms with Crippen LogP contribution in [0.4, 0.5) is 0 Å². The normalized spacial score (nSPS) is 18.8. The van der Waals surface area contributed by atoms with Crippen LogP contribution in [0.25, 0.3) is 0 Å². The molecule has 1 fully saturated rings. The summed E-state index contributed by atoms with van der Waals surface area (Å²) in [7, 11) is 1.96. The minimum absolute atomic E-state index is 0.566. The zero-order chi connectivity index (χ0) is 14.8. The van der Waals surface area contributed by atoms with E-state index >= 15 is 0 Å². The van der Waals surface area contributed by atoms with Crippen LogP contribution >= 0.6 is 15.9 Å². The van der Waals surface area contributed by atoms with Gasteiger partial charge in [-0.3, -0.25) is 9.58 Å². The fourth-order valence-electron chi connectivity index (χ4n) is 2.91. The zero-order valence-corrected chi connectivity index (χ0v) is 13.5. The molecule has 0 bridgehead atoms. The maximum atomic E-state index is 9.02. The molecule has 2 heterocycles. The summed E-state index contributed by atoms with van der Waals surface area (Å²) < 4.78 is 2.94. The summed E-state index contributed by atoms with van der Waals surface area (Å²) >= 11 is 3.58. The largest absolute Gasteiger partial charge is 0.298 e. The van der Waals surface area contributed by atoms with E-state index in [4.69, 9.17) is 5.26 Å². The number of likely N-dealkylation sites (tertiary alicyclic amines) is 1. The van der Waals surface area contributed by atoms with Gasteiger partial charge in [0.2, 0.25) is 0 Å². The molecule has 1 aliphatic rings. The minimum Gasteiger partial charge on any atom is -0.298 e. The van der Waals surface area contributed by atoms with E-state index in [0.29, 0.717) is 5.92 Å². The van der Waals surface area contributed by atoms with Gasteiger partial charge >= 0.3 is 0 Å². The van der Waals surface area contributed by atoms with Crippen molar-refractivity contribution in [3.63, 3.8) is 0 Å². The predicted octanol–water partition coefficient (Wildman–Crippen LogP) is 3.04. The number of benzene rings is 1. The summed E-state index contributed by atoms with van der Waals surface area (Å²) in [6.07, 6.45) is 5.25. The van der Waals surface area contributed by atoms with Gasteiger partial charge in [-0.1, -0.05) is 15.9 Å². The molecule has 21 heavy (non-hydrogen) atoms. The molecule has 0 aliphatic carbocycles. The van der Waals surface area contributed by atoms with Gasteiger partial charge in [-0.2, -0.15) is 10.4 Å². The molecule has 1 atom stereocenters. The third kappa shape index (κ3) is 3.17. The van der Waals surface area contributed by atoms with Crippen LogP contribution in [0.1, 0.15) is 29.0 Å². The standard InChI is InChI=1S/C16H17BrN4/c1-20-9-15(8-19-20)13-4-5-21(10-13)11-14-6-12(7-18)2-3-16(14)17/h2-3,6,8-9,13H,4-5,10-11H2,1H3/t13-/m0/s1. The van der Waals surface area contributed by atoms with Gasteiger partial charge in [-0.05, 0) is 42.3 Å². The Labute approximate surface area is 133 Å². The van der Waals surface area contributed by atoms with Crippen LogP contribution in [0.3, 0.4) is 0 Å². The van der Waals surface area contributed by atoms with Crippen molar-refractivity contribution >= 4 is 15.9 Å². The van der Waals surface area contributed by atoms with Crippen LogP contribution < -0.4 is 0 Å². The molecule has 108 valence electrons. The lowest BCUT2D eigenvalue weighted by atomic mass is 10.0. The predicted molar refractivity (Wildman–Crippen MR) is 84.7 cm³/mol. The Bertz CT molecular complexity index is 686. The number of hydrogen-bond donors (Lipinski definition) is 0. The Morgan fingerprint density at radius 1 is 1.48 bits per heavy atom. The van der Waals surface area contributed by atoms with Crippen molar-refractivity contribution in [1.82, 2.24) is 14.7 Å². The van der Waals surface area contributed by atoms with Crippen molar-refractivity contribution in [1.29, 1.82) is 5.26 Å². The molecule has 0 N–H and O–H groups in total. The van der Waals surface area contributed by atoms with Crippen LogP contribution in [0.15, 0.2) is 35.1 Å². The number of nitriles is 1. The molecule has 5 heteroatoms. The quantitative estimate of drug-likeness (QED) is 0.859. The second-order valence-corrected chi connectivity index (χ2v) is 6.44. The van der Waals surface area contributed by atoms with Crippen molar-refractivity contribution in [3.8, 4) is 6.07 Å². The molecule has 0 amide bonds. The fourth-order valence-corrected chi connectivity index (χ4v) is 3.28. The third-order valence-corrected chi connectivity index (χ3v) is 4.81. The molecule has 1 aromatic heterocycles. The van der Waals surface area contributed by atoms with E-state index in [2.05, 4.69) is 38.2 Å². The van der Waals surface area contributed by atoms with Crippen LogP contribution in [0, 0.1) is 11.3 Å².